The van der Waals surface area contributed by atoms with Gasteiger partial charge in [-0.1, -0.05) is 50.3 Å². The molecule has 1 aromatic rings. The average molecular weight is 566 g/mol. The van der Waals surface area contributed by atoms with E-state index in [-0.39, 0.29) is 54.9 Å². The van der Waals surface area contributed by atoms with Crippen molar-refractivity contribution in [1.82, 2.24) is 4.90 Å². The zero-order valence-corrected chi connectivity index (χ0v) is 24.1. The molecule has 220 valence electrons. The summed E-state index contributed by atoms with van der Waals surface area (Å²) in [5.41, 5.74) is -0.606. The first kappa shape index (κ1) is 28.3. The molecule has 0 radical (unpaired) electrons. The van der Waals surface area contributed by atoms with Gasteiger partial charge in [0, 0.05) is 31.0 Å². The van der Waals surface area contributed by atoms with E-state index < -0.39 is 34.7 Å². The molecule has 3 saturated carbocycles. The summed E-state index contributed by atoms with van der Waals surface area (Å²) in [5.74, 6) is -0.767. The number of rotatable bonds is 6. The van der Waals surface area contributed by atoms with E-state index in [1.807, 2.05) is 25.1 Å². The molecule has 1 saturated heterocycles. The maximum atomic E-state index is 15.9. The zero-order chi connectivity index (χ0) is 29.2. The van der Waals surface area contributed by atoms with Crippen LogP contribution in [0.2, 0.25) is 0 Å². The van der Waals surface area contributed by atoms with Crippen molar-refractivity contribution in [2.24, 2.45) is 39.9 Å². The van der Waals surface area contributed by atoms with Crippen molar-refractivity contribution in [1.29, 1.82) is 0 Å². The molecule has 3 unspecified atom stereocenters. The van der Waals surface area contributed by atoms with Crippen LogP contribution in [0.25, 0.3) is 0 Å². The minimum atomic E-state index is -1.28. The molecule has 41 heavy (non-hydrogen) atoms. The second-order valence-electron chi connectivity index (χ2n) is 13.3. The van der Waals surface area contributed by atoms with Crippen LogP contribution in [0.3, 0.4) is 0 Å². The number of aliphatic hydroxyl groups excluding tert-OH is 1. The summed E-state index contributed by atoms with van der Waals surface area (Å²) in [4.78, 5) is 40.8. The first-order valence-corrected chi connectivity index (χ1v) is 14.9. The summed E-state index contributed by atoms with van der Waals surface area (Å²) in [6, 6.07) is 10.1. The van der Waals surface area contributed by atoms with Crippen molar-refractivity contribution in [3.05, 3.63) is 59.7 Å². The Labute approximate surface area is 240 Å². The quantitative estimate of drug-likeness (QED) is 0.501. The second-order valence-corrected chi connectivity index (χ2v) is 13.3. The van der Waals surface area contributed by atoms with Gasteiger partial charge in [0.05, 0.1) is 18.1 Å². The molecular formula is C33H40FNO6. The third kappa shape index (κ3) is 4.23. The maximum Gasteiger partial charge on any atom is 0.508 e. The maximum absolute atomic E-state index is 15.9. The van der Waals surface area contributed by atoms with Crippen LogP contribution in [0.1, 0.15) is 45.6 Å². The Kier molecular flexibility index (Phi) is 7.01. The Balaban J connectivity index is 1.36. The molecule has 1 aromatic carbocycles. The summed E-state index contributed by atoms with van der Waals surface area (Å²) < 4.78 is 26.1. The summed E-state index contributed by atoms with van der Waals surface area (Å²) in [7, 11) is 0. The van der Waals surface area contributed by atoms with Gasteiger partial charge in [-0.2, -0.15) is 0 Å². The molecule has 4 fully saturated rings. The number of carbonyl (C=O) groups is 3. The number of nitrogens with zero attached hydrogens (tertiary/aromatic N) is 1. The van der Waals surface area contributed by atoms with Crippen molar-refractivity contribution in [2.75, 3.05) is 26.3 Å². The fourth-order valence-electron chi connectivity index (χ4n) is 9.88. The van der Waals surface area contributed by atoms with E-state index in [2.05, 4.69) is 24.0 Å². The summed E-state index contributed by atoms with van der Waals surface area (Å²) >= 11 is 0. The predicted molar refractivity (Wildman–Crippen MR) is 149 cm³/mol. The Hall–Kier alpha value is -2.84. The van der Waals surface area contributed by atoms with E-state index in [9.17, 15) is 19.5 Å². The number of ketones is 2. The van der Waals surface area contributed by atoms with Crippen LogP contribution in [0, 0.1) is 39.9 Å². The number of allylic oxidation sites excluding steroid dienone is 4. The van der Waals surface area contributed by atoms with Crippen molar-refractivity contribution in [3.8, 4) is 0 Å². The van der Waals surface area contributed by atoms with Crippen molar-refractivity contribution in [2.45, 2.75) is 58.9 Å². The first-order chi connectivity index (χ1) is 19.5. The van der Waals surface area contributed by atoms with Gasteiger partial charge >= 0.3 is 6.16 Å². The number of benzene rings is 1. The Morgan fingerprint density at radius 3 is 2.63 bits per heavy atom. The fraction of sp³-hybridized carbons (Fsp3) is 0.606. The molecule has 8 heteroatoms. The van der Waals surface area contributed by atoms with Crippen molar-refractivity contribution >= 4 is 17.7 Å². The van der Waals surface area contributed by atoms with E-state index >= 15 is 4.39 Å². The molecule has 0 bridgehead atoms. The normalized spacial score (nSPS) is 41.1. The van der Waals surface area contributed by atoms with E-state index in [1.165, 1.54) is 12.2 Å². The van der Waals surface area contributed by atoms with Gasteiger partial charge in [0.2, 0.25) is 0 Å². The number of aliphatic hydroxyl groups is 1. The van der Waals surface area contributed by atoms with Crippen LogP contribution in [0.5, 0.6) is 0 Å². The highest BCUT2D eigenvalue weighted by Crippen LogP contribution is 2.72. The minimum Gasteiger partial charge on any atom is -0.435 e. The SMILES string of the molecule is CCOC(=O)OCC(=O)[C@@]12CN(Cc3ccccc3)C[C@@H]1CC1[C@@H]3C[C@H](F)C4=CC(=O)C=C[C@]4(C)C3C(O)C[C@@]12C. The van der Waals surface area contributed by atoms with Gasteiger partial charge in [-0.05, 0) is 72.6 Å². The molecule has 0 aromatic heterocycles. The minimum absolute atomic E-state index is 0.00831. The number of halogens is 1. The third-order valence-corrected chi connectivity index (χ3v) is 11.4. The number of Topliss-reactive ketones (excluding diaryl/α,β-unsaturated/α-hetero) is 1. The number of alkyl halides is 1. The Morgan fingerprint density at radius 1 is 1.15 bits per heavy atom. The third-order valence-electron chi connectivity index (χ3n) is 11.4. The average Bonchev–Trinajstić information content (AvgIpc) is 3.41. The fourth-order valence-corrected chi connectivity index (χ4v) is 9.88. The zero-order valence-electron chi connectivity index (χ0n) is 24.1. The summed E-state index contributed by atoms with van der Waals surface area (Å²) in [5, 5.41) is 11.9. The lowest BCUT2D eigenvalue weighted by Gasteiger charge is -2.60. The van der Waals surface area contributed by atoms with Gasteiger partial charge in [0.1, 0.15) is 6.17 Å². The van der Waals surface area contributed by atoms with Gasteiger partial charge in [-0.3, -0.25) is 14.5 Å². The number of hydrogen-bond donors (Lipinski definition) is 1. The van der Waals surface area contributed by atoms with Crippen LogP contribution in [-0.2, 0) is 25.6 Å². The first-order valence-electron chi connectivity index (χ1n) is 14.9. The van der Waals surface area contributed by atoms with Gasteiger partial charge in [-0.15, -0.1) is 0 Å². The second kappa shape index (κ2) is 10.2. The van der Waals surface area contributed by atoms with Crippen molar-refractivity contribution < 1.29 is 33.4 Å². The molecule has 9 atom stereocenters. The lowest BCUT2D eigenvalue weighted by Crippen LogP contribution is -2.61. The molecule has 1 heterocycles. The number of likely N-dealkylation sites (tertiary alicyclic amines) is 1. The molecule has 4 aliphatic carbocycles. The predicted octanol–water partition coefficient (Wildman–Crippen LogP) is 4.68. The number of carbonyl (C=O) groups excluding carboxylic acids is 3. The lowest BCUT2D eigenvalue weighted by molar-refractivity contribution is -0.162. The highest BCUT2D eigenvalue weighted by Gasteiger charge is 2.73. The smallest absolute Gasteiger partial charge is 0.435 e. The summed E-state index contributed by atoms with van der Waals surface area (Å²) in [6.45, 7) is 7.38. The van der Waals surface area contributed by atoms with Crippen LogP contribution in [0.4, 0.5) is 9.18 Å². The van der Waals surface area contributed by atoms with E-state index in [0.29, 0.717) is 31.6 Å². The van der Waals surface area contributed by atoms with Crippen LogP contribution in [-0.4, -0.2) is 66.3 Å². The number of hydrogen-bond acceptors (Lipinski definition) is 7. The largest absolute Gasteiger partial charge is 0.508 e. The highest BCUT2D eigenvalue weighted by atomic mass is 19.1. The Morgan fingerprint density at radius 2 is 1.90 bits per heavy atom. The van der Waals surface area contributed by atoms with E-state index in [1.54, 1.807) is 13.0 Å². The van der Waals surface area contributed by atoms with Crippen LogP contribution >= 0.6 is 0 Å². The number of ether oxygens (including phenoxy) is 2. The van der Waals surface area contributed by atoms with Crippen LogP contribution < -0.4 is 0 Å². The van der Waals surface area contributed by atoms with Crippen LogP contribution in [0.15, 0.2) is 54.1 Å². The highest BCUT2D eigenvalue weighted by molar-refractivity contribution is 6.01. The van der Waals surface area contributed by atoms with Gasteiger partial charge in [0.15, 0.2) is 18.2 Å². The molecule has 0 amide bonds. The molecule has 1 aliphatic heterocycles. The van der Waals surface area contributed by atoms with E-state index in [4.69, 9.17) is 9.47 Å². The Bertz CT molecular complexity index is 1300. The number of fused-ring (bicyclic) bond motifs is 7. The van der Waals surface area contributed by atoms with Gasteiger partial charge in [0.25, 0.3) is 0 Å². The molecule has 1 N–H and O–H groups in total. The van der Waals surface area contributed by atoms with Gasteiger partial charge < -0.3 is 14.6 Å². The molecule has 6 rings (SSSR count). The monoisotopic (exact) mass is 565 g/mol. The molecule has 7 nitrogen and oxygen atoms in total. The van der Waals surface area contributed by atoms with E-state index in [0.717, 1.165) is 12.0 Å². The topological polar surface area (TPSA) is 93.1 Å². The van der Waals surface area contributed by atoms with Gasteiger partial charge in [-0.25, -0.2) is 9.18 Å². The molecular weight excluding hydrogens is 525 g/mol. The summed E-state index contributed by atoms with van der Waals surface area (Å²) in [6.07, 6.45) is 3.16. The van der Waals surface area contributed by atoms with Crippen molar-refractivity contribution in [3.63, 3.8) is 0 Å². The molecule has 5 aliphatic rings. The molecule has 0 spiro atoms. The lowest BCUT2D eigenvalue weighted by atomic mass is 9.44. The standard InChI is InChI=1S/C33H40FNO6/c1-4-40-30(39)41-18-28(38)33-19-35(16-20-8-6-5-7-9-20)17-21(33)12-24-23-14-26(34)25-13-22(36)10-11-31(25,2)29(23)27(37)15-32(24,33)3/h5-11,13,21,23-24,26-27,29,37H,4,12,14-19H2,1-3H3/t21-,23-,24?,26-,27?,29?,31-,32-,33+/m0/s1.